The summed E-state index contributed by atoms with van der Waals surface area (Å²) in [6.07, 6.45) is 23.2. The highest BCUT2D eigenvalue weighted by Gasteiger charge is 2.68. The number of guanidine groups is 2. The first-order valence-corrected chi connectivity index (χ1v) is 32.1. The van der Waals surface area contributed by atoms with Crippen LogP contribution in [0.5, 0.6) is 0 Å². The lowest BCUT2D eigenvalue weighted by atomic mass is 9.52. The van der Waals surface area contributed by atoms with Gasteiger partial charge in [0.1, 0.15) is 5.84 Å². The third-order valence-corrected chi connectivity index (χ3v) is 22.8. The van der Waals surface area contributed by atoms with Crippen LogP contribution in [0.4, 0.5) is 17.8 Å². The van der Waals surface area contributed by atoms with Gasteiger partial charge in [0.25, 0.3) is 0 Å². The molecule has 2 N–H and O–H groups in total. The fraction of sp³-hybridized carbons (Fsp3) is 0.905. The highest BCUT2D eigenvalue weighted by Crippen LogP contribution is 2.63. The summed E-state index contributed by atoms with van der Waals surface area (Å²) in [5.41, 5.74) is 8.07. The molecule has 4 atom stereocenters. The van der Waals surface area contributed by atoms with Crippen molar-refractivity contribution in [2.75, 3.05) is 89.2 Å². The molecule has 446 valence electrons. The van der Waals surface area contributed by atoms with Crippen LogP contribution in [0.25, 0.3) is 0 Å². The van der Waals surface area contributed by atoms with E-state index >= 15 is 0 Å². The summed E-state index contributed by atoms with van der Waals surface area (Å²) in [6.45, 7) is 36.2. The molecule has 4 spiro atoms. The Labute approximate surface area is 481 Å². The second-order valence-corrected chi connectivity index (χ2v) is 29.8. The number of anilines is 3. The Morgan fingerprint density at radius 1 is 0.506 bits per heavy atom. The molecule has 4 unspecified atom stereocenters. The molecular weight excluding hydrogens is 981 g/mol. The van der Waals surface area contributed by atoms with Gasteiger partial charge in [0.2, 0.25) is 23.8 Å². The summed E-state index contributed by atoms with van der Waals surface area (Å²) in [5, 5.41) is 0. The molecule has 1 aromatic heterocycles. The normalized spacial score (nSPS) is 34.9. The first-order chi connectivity index (χ1) is 37.1. The van der Waals surface area contributed by atoms with Crippen molar-refractivity contribution in [3.63, 3.8) is 0 Å². The van der Waals surface area contributed by atoms with E-state index in [0.29, 0.717) is 30.6 Å². The lowest BCUT2D eigenvalue weighted by Gasteiger charge is -2.73. The zero-order valence-electron chi connectivity index (χ0n) is 53.7. The maximum Gasteiger partial charge on any atom is 0.232 e. The van der Waals surface area contributed by atoms with Gasteiger partial charge < -0.3 is 30.2 Å². The second-order valence-electron chi connectivity index (χ2n) is 29.8. The van der Waals surface area contributed by atoms with Crippen LogP contribution < -0.4 is 20.4 Å². The number of hydrogen-bond donors (Lipinski definition) is 1. The molecule has 2 aliphatic carbocycles. The van der Waals surface area contributed by atoms with E-state index in [1.165, 1.54) is 25.7 Å². The number of aromatic nitrogens is 3. The third-order valence-electron chi connectivity index (χ3n) is 22.8. The summed E-state index contributed by atoms with van der Waals surface area (Å²) in [5.74, 6) is 4.60. The standard InChI is InChI=1S/C63H114N16/c1-19-23-30-76-47-34-56(6,7)72(15)60(38-47)42-61(43-60)39-48(35-57(8,9)73(61)16)77(31-24-20-2)53(67-51(76)64)66-46(5)65-28-27-29-71(14)52-68-54-70-55(69-52)79(33-26-22-4)50-37-59(12,13)75(18)63(41-50)44-62(45-63)40-49(78(54)32-25-21-3)36-58(10,11)74(62)17/h47-50H,19-45H2,1-18H3,(H2,64,65,66,67). The second kappa shape index (κ2) is 22.3. The number of aliphatic imine (C=N–C) groups is 3. The van der Waals surface area contributed by atoms with Gasteiger partial charge in [-0.05, 0) is 200 Å². The summed E-state index contributed by atoms with van der Waals surface area (Å²) >= 11 is 0. The molecule has 1 aromatic rings. The van der Waals surface area contributed by atoms with Crippen LogP contribution in [0.3, 0.4) is 0 Å². The molecule has 0 aromatic carbocycles. The van der Waals surface area contributed by atoms with E-state index in [0.717, 1.165) is 172 Å². The molecule has 16 heteroatoms. The van der Waals surface area contributed by atoms with Crippen LogP contribution in [0.1, 0.15) is 225 Å². The van der Waals surface area contributed by atoms with Crippen molar-refractivity contribution in [2.24, 2.45) is 20.7 Å². The Morgan fingerprint density at radius 3 is 1.23 bits per heavy atom. The Bertz CT molecular complexity index is 2300. The van der Waals surface area contributed by atoms with Crippen LogP contribution >= 0.6 is 0 Å². The predicted octanol–water partition coefficient (Wildman–Crippen LogP) is 10.3. The molecule has 2 saturated carbocycles. The van der Waals surface area contributed by atoms with Crippen molar-refractivity contribution in [2.45, 2.75) is 293 Å². The number of nitrogens with two attached hydrogens (primary N) is 1. The molecule has 0 amide bonds. The molecule has 10 bridgehead atoms. The van der Waals surface area contributed by atoms with Gasteiger partial charge in [0.05, 0.1) is 0 Å². The summed E-state index contributed by atoms with van der Waals surface area (Å²) in [7, 11) is 11.9. The highest BCUT2D eigenvalue weighted by atomic mass is 15.4. The maximum absolute atomic E-state index is 7.40. The van der Waals surface area contributed by atoms with Crippen molar-refractivity contribution in [3.05, 3.63) is 0 Å². The summed E-state index contributed by atoms with van der Waals surface area (Å²) < 4.78 is 0. The van der Waals surface area contributed by atoms with E-state index in [4.69, 9.17) is 35.7 Å². The van der Waals surface area contributed by atoms with Crippen LogP contribution in [-0.4, -0.2) is 205 Å². The minimum Gasteiger partial charge on any atom is -0.369 e. The molecule has 79 heavy (non-hydrogen) atoms. The van der Waals surface area contributed by atoms with E-state index in [-0.39, 0.29) is 50.4 Å². The molecule has 10 aliphatic rings. The SMILES string of the molecule is CCCCN1C(N)=NC(=NC(C)=NCCCN(C)c2nc3nc(n2)N(CCCC)C2CC(C)(C)N(C)C4(C2)CC2(CC(CC(C)(C)N2C)N3CCCC)C4)N(CCCC)C2CC(C)(C)N(C)C3(C2)CC2(CC1CC(C)(C)N2C)C3. The molecule has 8 aliphatic heterocycles. The Balaban J connectivity index is 1.04. The summed E-state index contributed by atoms with van der Waals surface area (Å²) in [6, 6.07) is 1.27. The van der Waals surface area contributed by atoms with Gasteiger partial charge in [-0.3, -0.25) is 24.6 Å². The minimum atomic E-state index is 0.0133. The molecule has 6 fully saturated rings. The Kier molecular flexibility index (Phi) is 17.0. The van der Waals surface area contributed by atoms with Crippen molar-refractivity contribution in [1.29, 1.82) is 0 Å². The Morgan fingerprint density at radius 2 is 0.848 bits per heavy atom. The minimum absolute atomic E-state index is 0.0133. The van der Waals surface area contributed by atoms with Crippen molar-refractivity contribution >= 4 is 35.6 Å². The monoisotopic (exact) mass is 1090 g/mol. The highest BCUT2D eigenvalue weighted by molar-refractivity contribution is 6.01. The maximum atomic E-state index is 7.40. The average molecular weight is 1100 g/mol. The number of piperidine rings is 4. The molecular formula is C63H114N16. The largest absolute Gasteiger partial charge is 0.369 e. The lowest BCUT2D eigenvalue weighted by Crippen LogP contribution is -2.80. The van der Waals surface area contributed by atoms with Crippen molar-refractivity contribution < 1.29 is 0 Å². The van der Waals surface area contributed by atoms with Gasteiger partial charge in [-0.1, -0.05) is 53.4 Å². The lowest BCUT2D eigenvalue weighted by molar-refractivity contribution is -0.199. The first-order valence-electron chi connectivity index (χ1n) is 32.1. The van der Waals surface area contributed by atoms with Crippen molar-refractivity contribution in [1.82, 2.24) is 44.4 Å². The van der Waals surface area contributed by atoms with E-state index in [1.54, 1.807) is 0 Å². The zero-order chi connectivity index (χ0) is 57.3. The van der Waals surface area contributed by atoms with Gasteiger partial charge in [0.15, 0.2) is 5.96 Å². The fourth-order valence-electron chi connectivity index (χ4n) is 17.8. The average Bonchev–Trinajstić information content (AvgIpc) is 2.78. The van der Waals surface area contributed by atoms with Crippen LogP contribution in [0, 0.1) is 0 Å². The van der Waals surface area contributed by atoms with Crippen molar-refractivity contribution in [3.8, 4) is 0 Å². The Hall–Kier alpha value is -3.34. The number of rotatable bonds is 17. The van der Waals surface area contributed by atoms with Gasteiger partial charge in [-0.15, -0.1) is 0 Å². The molecule has 16 nitrogen and oxygen atoms in total. The topological polar surface area (TPSA) is 131 Å². The molecule has 0 radical (unpaired) electrons. The van der Waals surface area contributed by atoms with E-state index in [2.05, 4.69) is 169 Å². The quantitative estimate of drug-likeness (QED) is 0.0903. The zero-order valence-corrected chi connectivity index (χ0v) is 53.7. The van der Waals surface area contributed by atoms with E-state index in [9.17, 15) is 0 Å². The molecule has 4 saturated heterocycles. The number of likely N-dealkylation sites (tertiary alicyclic amines) is 4. The number of amidine groups is 1. The van der Waals surface area contributed by atoms with Gasteiger partial charge in [0, 0.05) is 115 Å². The predicted molar refractivity (Wildman–Crippen MR) is 331 cm³/mol. The first kappa shape index (κ1) is 60.3. The number of fused-ring (bicyclic) bond motifs is 3. The number of hydrogen-bond acceptors (Lipinski definition) is 13. The van der Waals surface area contributed by atoms with Gasteiger partial charge in [-0.25, -0.2) is 0 Å². The fourth-order valence-corrected chi connectivity index (χ4v) is 17.8. The molecule has 9 heterocycles. The van der Waals surface area contributed by atoms with Crippen LogP contribution in [-0.2, 0) is 0 Å². The number of nitrogens with zero attached hydrogens (tertiary/aromatic N) is 15. The van der Waals surface area contributed by atoms with E-state index in [1.807, 2.05) is 0 Å². The van der Waals surface area contributed by atoms with Crippen LogP contribution in [0.2, 0.25) is 0 Å². The van der Waals surface area contributed by atoms with Gasteiger partial charge >= 0.3 is 0 Å². The van der Waals surface area contributed by atoms with Crippen LogP contribution in [0.15, 0.2) is 15.0 Å². The smallest absolute Gasteiger partial charge is 0.232 e. The summed E-state index contributed by atoms with van der Waals surface area (Å²) in [4.78, 5) is 56.6. The third kappa shape index (κ3) is 11.2. The van der Waals surface area contributed by atoms with E-state index < -0.39 is 0 Å². The number of unbranched alkanes of at least 4 members (excludes halogenated alkanes) is 4. The molecule has 11 rings (SSSR count). The van der Waals surface area contributed by atoms with Gasteiger partial charge in [-0.2, -0.15) is 24.9 Å².